The van der Waals surface area contributed by atoms with E-state index in [0.717, 1.165) is 5.56 Å². The highest BCUT2D eigenvalue weighted by molar-refractivity contribution is 6.30. The van der Waals surface area contributed by atoms with Crippen LogP contribution in [0, 0.1) is 6.92 Å². The Kier molecular flexibility index (Phi) is 5.86. The van der Waals surface area contributed by atoms with Gasteiger partial charge in [0.05, 0.1) is 6.61 Å². The third kappa shape index (κ3) is 4.49. The van der Waals surface area contributed by atoms with Gasteiger partial charge >= 0.3 is 5.97 Å². The molecule has 0 heterocycles. The first-order valence-corrected chi connectivity index (χ1v) is 6.37. The van der Waals surface area contributed by atoms with Crippen molar-refractivity contribution < 1.29 is 14.3 Å². The van der Waals surface area contributed by atoms with E-state index in [1.807, 2.05) is 6.92 Å². The number of carbonyl (C=O) groups excluding carboxylic acids is 2. The number of ether oxygens (including phenoxy) is 1. The van der Waals surface area contributed by atoms with Crippen molar-refractivity contribution in [3.05, 3.63) is 34.3 Å². The van der Waals surface area contributed by atoms with E-state index in [2.05, 4.69) is 0 Å². The van der Waals surface area contributed by atoms with Gasteiger partial charge < -0.3 is 4.74 Å². The molecular weight excluding hydrogens is 252 g/mol. The van der Waals surface area contributed by atoms with Gasteiger partial charge in [-0.1, -0.05) is 11.6 Å². The van der Waals surface area contributed by atoms with E-state index in [0.29, 0.717) is 30.0 Å². The molecule has 0 aliphatic carbocycles. The number of ketones is 1. The van der Waals surface area contributed by atoms with Crippen LogP contribution in [-0.4, -0.2) is 18.4 Å². The molecule has 0 unspecified atom stereocenters. The van der Waals surface area contributed by atoms with Gasteiger partial charge in [0.2, 0.25) is 0 Å². The lowest BCUT2D eigenvalue weighted by Crippen LogP contribution is -2.06. The minimum absolute atomic E-state index is 0.0356. The highest BCUT2D eigenvalue weighted by atomic mass is 35.5. The summed E-state index contributed by atoms with van der Waals surface area (Å²) in [5.41, 5.74) is 1.53. The van der Waals surface area contributed by atoms with Crippen molar-refractivity contribution in [2.24, 2.45) is 0 Å². The zero-order valence-electron chi connectivity index (χ0n) is 10.7. The van der Waals surface area contributed by atoms with E-state index in [4.69, 9.17) is 16.3 Å². The highest BCUT2D eigenvalue weighted by Gasteiger charge is 2.10. The van der Waals surface area contributed by atoms with Crippen molar-refractivity contribution >= 4 is 23.4 Å². The first kappa shape index (κ1) is 14.7. The van der Waals surface area contributed by atoms with Gasteiger partial charge in [-0.2, -0.15) is 0 Å². The Morgan fingerprint density at radius 3 is 2.61 bits per heavy atom. The predicted octanol–water partition coefficient (Wildman–Crippen LogP) is 3.56. The van der Waals surface area contributed by atoms with E-state index in [-0.39, 0.29) is 18.2 Å². The Balaban J connectivity index is 2.48. The fraction of sp³-hybridized carbons (Fsp3) is 0.429. The van der Waals surface area contributed by atoms with Crippen LogP contribution in [0.15, 0.2) is 18.2 Å². The minimum Gasteiger partial charge on any atom is -0.466 e. The molecular formula is C14H17ClO3. The SMILES string of the molecule is CCOC(=O)CCCC(=O)c1ccc(Cl)cc1C. The molecule has 0 bridgehead atoms. The monoisotopic (exact) mass is 268 g/mol. The smallest absolute Gasteiger partial charge is 0.305 e. The Morgan fingerprint density at radius 1 is 1.28 bits per heavy atom. The summed E-state index contributed by atoms with van der Waals surface area (Å²) in [5, 5.41) is 0.621. The second-order valence-electron chi connectivity index (χ2n) is 4.04. The third-order valence-corrected chi connectivity index (χ3v) is 2.81. The van der Waals surface area contributed by atoms with Gasteiger partial charge in [0, 0.05) is 23.4 Å². The standard InChI is InChI=1S/C14H17ClO3/c1-3-18-14(17)6-4-5-13(16)12-8-7-11(15)9-10(12)2/h7-9H,3-6H2,1-2H3. The van der Waals surface area contributed by atoms with Crippen molar-refractivity contribution in [2.45, 2.75) is 33.1 Å². The predicted molar refractivity (Wildman–Crippen MR) is 71.0 cm³/mol. The zero-order valence-corrected chi connectivity index (χ0v) is 11.4. The second kappa shape index (κ2) is 7.17. The first-order chi connectivity index (χ1) is 8.54. The number of Topliss-reactive ketones (excluding diaryl/α,β-unsaturated/α-hetero) is 1. The van der Waals surface area contributed by atoms with Crippen LogP contribution in [0.4, 0.5) is 0 Å². The Bertz CT molecular complexity index is 441. The maximum absolute atomic E-state index is 11.9. The van der Waals surface area contributed by atoms with Gasteiger partial charge in [-0.25, -0.2) is 0 Å². The normalized spacial score (nSPS) is 10.2. The Morgan fingerprint density at radius 2 is 2.00 bits per heavy atom. The van der Waals surface area contributed by atoms with Crippen molar-refractivity contribution in [2.75, 3.05) is 6.61 Å². The number of esters is 1. The van der Waals surface area contributed by atoms with Crippen LogP contribution >= 0.6 is 11.6 Å². The number of aryl methyl sites for hydroxylation is 1. The quantitative estimate of drug-likeness (QED) is 0.585. The van der Waals surface area contributed by atoms with Gasteiger partial charge in [0.1, 0.15) is 0 Å². The summed E-state index contributed by atoms with van der Waals surface area (Å²) >= 11 is 5.83. The zero-order chi connectivity index (χ0) is 13.5. The van der Waals surface area contributed by atoms with Crippen LogP contribution in [0.2, 0.25) is 5.02 Å². The van der Waals surface area contributed by atoms with Crippen LogP contribution in [0.5, 0.6) is 0 Å². The average Bonchev–Trinajstić information content (AvgIpc) is 2.29. The lowest BCUT2D eigenvalue weighted by atomic mass is 10.0. The van der Waals surface area contributed by atoms with Crippen LogP contribution in [0.25, 0.3) is 0 Å². The van der Waals surface area contributed by atoms with Gasteiger partial charge in [0.25, 0.3) is 0 Å². The number of hydrogen-bond acceptors (Lipinski definition) is 3. The Labute approximate surface area is 112 Å². The number of carbonyl (C=O) groups is 2. The summed E-state index contributed by atoms with van der Waals surface area (Å²) in [6.07, 6.45) is 1.15. The second-order valence-corrected chi connectivity index (χ2v) is 4.48. The molecule has 1 rings (SSSR count). The summed E-state index contributed by atoms with van der Waals surface area (Å²) in [7, 11) is 0. The van der Waals surface area contributed by atoms with Crippen molar-refractivity contribution in [3.63, 3.8) is 0 Å². The molecule has 1 aromatic carbocycles. The van der Waals surface area contributed by atoms with Crippen LogP contribution in [-0.2, 0) is 9.53 Å². The molecule has 1 aromatic rings. The van der Waals surface area contributed by atoms with E-state index >= 15 is 0 Å². The molecule has 0 aliphatic heterocycles. The summed E-state index contributed by atoms with van der Waals surface area (Å²) in [4.78, 5) is 23.0. The molecule has 3 nitrogen and oxygen atoms in total. The van der Waals surface area contributed by atoms with Crippen LogP contribution in [0.1, 0.15) is 42.1 Å². The molecule has 98 valence electrons. The van der Waals surface area contributed by atoms with Crippen LogP contribution < -0.4 is 0 Å². The van der Waals surface area contributed by atoms with Gasteiger partial charge in [0.15, 0.2) is 5.78 Å². The van der Waals surface area contributed by atoms with E-state index in [1.165, 1.54) is 0 Å². The molecule has 0 fully saturated rings. The molecule has 0 saturated carbocycles. The van der Waals surface area contributed by atoms with E-state index < -0.39 is 0 Å². The summed E-state index contributed by atoms with van der Waals surface area (Å²) in [6.45, 7) is 3.99. The Hall–Kier alpha value is -1.35. The van der Waals surface area contributed by atoms with Crippen molar-refractivity contribution in [3.8, 4) is 0 Å². The maximum Gasteiger partial charge on any atom is 0.305 e. The summed E-state index contributed by atoms with van der Waals surface area (Å²) < 4.78 is 4.80. The summed E-state index contributed by atoms with van der Waals surface area (Å²) in [6, 6.07) is 5.19. The van der Waals surface area contributed by atoms with Crippen LogP contribution in [0.3, 0.4) is 0 Å². The molecule has 0 amide bonds. The van der Waals surface area contributed by atoms with E-state index in [9.17, 15) is 9.59 Å². The third-order valence-electron chi connectivity index (χ3n) is 2.58. The van der Waals surface area contributed by atoms with Gasteiger partial charge in [-0.05, 0) is 44.0 Å². The molecule has 4 heteroatoms. The lowest BCUT2D eigenvalue weighted by Gasteiger charge is -2.05. The molecule has 0 N–H and O–H groups in total. The number of rotatable bonds is 6. The number of halogens is 1. The fourth-order valence-corrected chi connectivity index (χ4v) is 1.93. The van der Waals surface area contributed by atoms with Crippen molar-refractivity contribution in [1.82, 2.24) is 0 Å². The first-order valence-electron chi connectivity index (χ1n) is 5.99. The molecule has 0 aromatic heterocycles. The molecule has 0 saturated heterocycles. The molecule has 0 atom stereocenters. The maximum atomic E-state index is 11.9. The highest BCUT2D eigenvalue weighted by Crippen LogP contribution is 2.17. The van der Waals surface area contributed by atoms with Gasteiger partial charge in [-0.15, -0.1) is 0 Å². The molecule has 0 radical (unpaired) electrons. The van der Waals surface area contributed by atoms with E-state index in [1.54, 1.807) is 25.1 Å². The van der Waals surface area contributed by atoms with Gasteiger partial charge in [-0.3, -0.25) is 9.59 Å². The number of hydrogen-bond donors (Lipinski definition) is 0. The molecule has 0 spiro atoms. The lowest BCUT2D eigenvalue weighted by molar-refractivity contribution is -0.143. The largest absolute Gasteiger partial charge is 0.466 e. The molecule has 0 aliphatic rings. The fourth-order valence-electron chi connectivity index (χ4n) is 1.70. The summed E-state index contributed by atoms with van der Waals surface area (Å²) in [5.74, 6) is -0.216. The number of benzene rings is 1. The minimum atomic E-state index is -0.252. The van der Waals surface area contributed by atoms with Crippen molar-refractivity contribution in [1.29, 1.82) is 0 Å². The average molecular weight is 269 g/mol. The topological polar surface area (TPSA) is 43.4 Å². The molecule has 18 heavy (non-hydrogen) atoms.